The molecule has 3 aliphatic rings. The van der Waals surface area contributed by atoms with Crippen molar-refractivity contribution in [2.45, 2.75) is 69.4 Å². The monoisotopic (exact) mass is 222 g/mol. The van der Waals surface area contributed by atoms with Crippen LogP contribution in [0.25, 0.3) is 0 Å². The molecule has 3 fully saturated rings. The zero-order valence-corrected chi connectivity index (χ0v) is 10.0. The summed E-state index contributed by atoms with van der Waals surface area (Å²) in [7, 11) is 0. The molecule has 0 atom stereocenters. The van der Waals surface area contributed by atoms with E-state index in [9.17, 15) is 4.79 Å². The predicted octanol–water partition coefficient (Wildman–Crippen LogP) is 2.02. The van der Waals surface area contributed by atoms with Crippen molar-refractivity contribution in [1.29, 1.82) is 0 Å². The van der Waals surface area contributed by atoms with E-state index >= 15 is 0 Å². The summed E-state index contributed by atoms with van der Waals surface area (Å²) in [5.41, 5.74) is -0.0949. The molecule has 1 saturated heterocycles. The zero-order chi connectivity index (χ0) is 11.0. The van der Waals surface area contributed by atoms with Gasteiger partial charge >= 0.3 is 0 Å². The Morgan fingerprint density at radius 1 is 1.06 bits per heavy atom. The largest absolute Gasteiger partial charge is 0.325 e. The summed E-state index contributed by atoms with van der Waals surface area (Å²) < 4.78 is 0. The van der Waals surface area contributed by atoms with Crippen LogP contribution in [0.4, 0.5) is 0 Å². The van der Waals surface area contributed by atoms with E-state index in [1.54, 1.807) is 0 Å². The zero-order valence-electron chi connectivity index (χ0n) is 10.0. The van der Waals surface area contributed by atoms with Crippen LogP contribution in [0.1, 0.15) is 57.8 Å². The number of amides is 1. The Kier molecular flexibility index (Phi) is 2.66. The first-order valence-electron chi connectivity index (χ1n) is 6.88. The highest BCUT2D eigenvalue weighted by Crippen LogP contribution is 2.41. The molecular formula is C13H22N2O. The Bertz CT molecular complexity index is 278. The van der Waals surface area contributed by atoms with Gasteiger partial charge in [0.1, 0.15) is 0 Å². The molecule has 1 heterocycles. The van der Waals surface area contributed by atoms with E-state index < -0.39 is 0 Å². The number of rotatable bonds is 1. The van der Waals surface area contributed by atoms with Crippen LogP contribution in [0.2, 0.25) is 0 Å². The first kappa shape index (κ1) is 10.6. The molecule has 2 aliphatic carbocycles. The Labute approximate surface area is 97.6 Å². The Hall–Kier alpha value is -0.570. The molecule has 0 aromatic rings. The van der Waals surface area contributed by atoms with Gasteiger partial charge in [0.05, 0.1) is 12.2 Å². The molecule has 1 aliphatic heterocycles. The fourth-order valence-electron chi connectivity index (χ4n) is 3.22. The third-order valence-electron chi connectivity index (χ3n) is 4.52. The number of carbonyl (C=O) groups excluding carboxylic acids is 1. The molecular weight excluding hydrogens is 200 g/mol. The van der Waals surface area contributed by atoms with Gasteiger partial charge in [0.2, 0.25) is 5.91 Å². The summed E-state index contributed by atoms with van der Waals surface area (Å²) in [4.78, 5) is 14.4. The van der Waals surface area contributed by atoms with Crippen molar-refractivity contribution in [3.05, 3.63) is 0 Å². The van der Waals surface area contributed by atoms with Gasteiger partial charge in [-0.25, -0.2) is 0 Å². The van der Waals surface area contributed by atoms with E-state index in [1.807, 2.05) is 0 Å². The highest BCUT2D eigenvalue weighted by Gasteiger charge is 2.56. The van der Waals surface area contributed by atoms with E-state index in [0.29, 0.717) is 11.9 Å². The van der Waals surface area contributed by atoms with Gasteiger partial charge in [-0.2, -0.15) is 0 Å². The Morgan fingerprint density at radius 2 is 1.69 bits per heavy atom. The molecule has 0 radical (unpaired) electrons. The van der Waals surface area contributed by atoms with E-state index in [0.717, 1.165) is 19.5 Å². The number of nitrogens with zero attached hydrogens (tertiary/aromatic N) is 1. The van der Waals surface area contributed by atoms with Crippen molar-refractivity contribution in [1.82, 2.24) is 10.2 Å². The second kappa shape index (κ2) is 4.02. The molecule has 3 rings (SSSR count). The van der Waals surface area contributed by atoms with Gasteiger partial charge in [-0.1, -0.05) is 32.1 Å². The molecule has 3 heteroatoms. The van der Waals surface area contributed by atoms with Gasteiger partial charge in [0.25, 0.3) is 0 Å². The fourth-order valence-corrected chi connectivity index (χ4v) is 3.22. The molecule has 0 unspecified atom stereocenters. The molecule has 0 aromatic carbocycles. The third kappa shape index (κ3) is 1.75. The lowest BCUT2D eigenvalue weighted by Crippen LogP contribution is -2.39. The second-order valence-corrected chi connectivity index (χ2v) is 5.69. The lowest BCUT2D eigenvalue weighted by molar-refractivity contribution is -0.132. The quantitative estimate of drug-likeness (QED) is 0.736. The van der Waals surface area contributed by atoms with E-state index in [1.165, 1.54) is 44.9 Å². The van der Waals surface area contributed by atoms with Crippen LogP contribution in [0.15, 0.2) is 0 Å². The minimum atomic E-state index is -0.0949. The smallest absolute Gasteiger partial charge is 0.244 e. The van der Waals surface area contributed by atoms with Gasteiger partial charge in [0, 0.05) is 6.04 Å². The average Bonchev–Trinajstić information content (AvgIpc) is 2.94. The standard InChI is InChI=1S/C13H22N2O/c16-12-13(8-9-13)14-10-15(12)11-6-4-2-1-3-5-7-11/h11,14H,1-10H2. The highest BCUT2D eigenvalue weighted by atomic mass is 16.2. The maximum absolute atomic E-state index is 12.3. The van der Waals surface area contributed by atoms with Crippen LogP contribution in [0.3, 0.4) is 0 Å². The van der Waals surface area contributed by atoms with Gasteiger partial charge in [-0.15, -0.1) is 0 Å². The first-order valence-corrected chi connectivity index (χ1v) is 6.88. The van der Waals surface area contributed by atoms with Crippen molar-refractivity contribution in [2.75, 3.05) is 6.67 Å². The van der Waals surface area contributed by atoms with Crippen LogP contribution in [-0.2, 0) is 4.79 Å². The number of hydrogen-bond donors (Lipinski definition) is 1. The number of carbonyl (C=O) groups is 1. The van der Waals surface area contributed by atoms with Crippen LogP contribution in [0, 0.1) is 0 Å². The average molecular weight is 222 g/mol. The van der Waals surface area contributed by atoms with Crippen molar-refractivity contribution < 1.29 is 4.79 Å². The fraction of sp³-hybridized carbons (Fsp3) is 0.923. The normalized spacial score (nSPS) is 30.5. The summed E-state index contributed by atoms with van der Waals surface area (Å²) in [6, 6.07) is 0.528. The van der Waals surface area contributed by atoms with Crippen LogP contribution in [0.5, 0.6) is 0 Å². The van der Waals surface area contributed by atoms with E-state index in [-0.39, 0.29) is 5.54 Å². The summed E-state index contributed by atoms with van der Waals surface area (Å²) in [5, 5.41) is 3.42. The topological polar surface area (TPSA) is 32.3 Å². The van der Waals surface area contributed by atoms with Crippen molar-refractivity contribution in [3.63, 3.8) is 0 Å². The molecule has 1 N–H and O–H groups in total. The Morgan fingerprint density at radius 3 is 2.25 bits per heavy atom. The molecule has 0 bridgehead atoms. The van der Waals surface area contributed by atoms with Gasteiger partial charge in [-0.05, 0) is 25.7 Å². The van der Waals surface area contributed by atoms with Crippen molar-refractivity contribution in [2.24, 2.45) is 0 Å². The molecule has 3 nitrogen and oxygen atoms in total. The van der Waals surface area contributed by atoms with Crippen LogP contribution in [-0.4, -0.2) is 29.1 Å². The second-order valence-electron chi connectivity index (χ2n) is 5.69. The van der Waals surface area contributed by atoms with E-state index in [2.05, 4.69) is 10.2 Å². The minimum absolute atomic E-state index is 0.0949. The first-order chi connectivity index (χ1) is 7.82. The number of hydrogen-bond acceptors (Lipinski definition) is 2. The molecule has 90 valence electrons. The Balaban J connectivity index is 1.64. The minimum Gasteiger partial charge on any atom is -0.325 e. The van der Waals surface area contributed by atoms with Crippen molar-refractivity contribution >= 4 is 5.91 Å². The lowest BCUT2D eigenvalue weighted by Gasteiger charge is -2.29. The SMILES string of the molecule is O=C1N(C2CCCCCCC2)CNC12CC2. The predicted molar refractivity (Wildman–Crippen MR) is 62.9 cm³/mol. The molecule has 2 saturated carbocycles. The maximum Gasteiger partial charge on any atom is 0.244 e. The molecule has 0 aromatic heterocycles. The summed E-state index contributed by atoms with van der Waals surface area (Å²) in [6.45, 7) is 0.809. The molecule has 16 heavy (non-hydrogen) atoms. The summed E-state index contributed by atoms with van der Waals surface area (Å²) in [5.74, 6) is 0.401. The van der Waals surface area contributed by atoms with Crippen molar-refractivity contribution in [3.8, 4) is 0 Å². The van der Waals surface area contributed by atoms with Crippen LogP contribution >= 0.6 is 0 Å². The summed E-state index contributed by atoms with van der Waals surface area (Å²) >= 11 is 0. The van der Waals surface area contributed by atoms with Gasteiger partial charge in [0.15, 0.2) is 0 Å². The summed E-state index contributed by atoms with van der Waals surface area (Å²) in [6.07, 6.45) is 11.3. The molecule has 1 spiro atoms. The highest BCUT2D eigenvalue weighted by molar-refractivity contribution is 5.91. The number of nitrogens with one attached hydrogen (secondary N) is 1. The maximum atomic E-state index is 12.3. The lowest BCUT2D eigenvalue weighted by atomic mass is 9.95. The van der Waals surface area contributed by atoms with E-state index in [4.69, 9.17) is 0 Å². The van der Waals surface area contributed by atoms with Gasteiger partial charge < -0.3 is 4.90 Å². The molecule has 1 amide bonds. The van der Waals surface area contributed by atoms with Crippen LogP contribution < -0.4 is 5.32 Å². The van der Waals surface area contributed by atoms with Gasteiger partial charge in [-0.3, -0.25) is 10.1 Å². The third-order valence-corrected chi connectivity index (χ3v) is 4.52.